The first-order chi connectivity index (χ1) is 9.90. The van der Waals surface area contributed by atoms with Crippen LogP contribution in [-0.2, 0) is 9.26 Å². The fourth-order valence-electron chi connectivity index (χ4n) is 1.11. The molecule has 1 fully saturated rings. The first-order valence-corrected chi connectivity index (χ1v) is 7.06. The molecule has 0 amide bonds. The third kappa shape index (κ3) is 10.4. The molecule has 2 atom stereocenters. The van der Waals surface area contributed by atoms with E-state index in [2.05, 4.69) is 9.26 Å². The number of benzene rings is 1. The van der Waals surface area contributed by atoms with Gasteiger partial charge in [0.25, 0.3) is 0 Å². The largest absolute Gasteiger partial charge is 0.508 e. The van der Waals surface area contributed by atoms with Crippen LogP contribution in [-0.4, -0.2) is 64.7 Å². The molecule has 1 heterocycles. The highest BCUT2D eigenvalue weighted by molar-refractivity contribution is 7.39. The lowest BCUT2D eigenvalue weighted by molar-refractivity contribution is 0.0572. The number of rotatable bonds is 2. The maximum Gasteiger partial charge on any atom is 0.326 e. The Balaban J connectivity index is 0.000000300. The minimum Gasteiger partial charge on any atom is -0.508 e. The van der Waals surface area contributed by atoms with E-state index in [1.165, 1.54) is 7.11 Å². The topological polar surface area (TPSA) is 129 Å². The Kier molecular flexibility index (Phi) is 11.1. The van der Waals surface area contributed by atoms with Gasteiger partial charge in [-0.05, 0) is 24.3 Å². The number of phenols is 1. The molecule has 1 aliphatic rings. The highest BCUT2D eigenvalue weighted by atomic mass is 31.2. The third-order valence-corrected chi connectivity index (χ3v) is 2.58. The minimum atomic E-state index is -2.10. The summed E-state index contributed by atoms with van der Waals surface area (Å²) >= 11 is 0. The van der Waals surface area contributed by atoms with Gasteiger partial charge in [0.2, 0.25) is 0 Å². The first kappa shape index (κ1) is 20.0. The predicted molar refractivity (Wildman–Crippen MR) is 75.9 cm³/mol. The van der Waals surface area contributed by atoms with E-state index < -0.39 is 20.8 Å². The van der Waals surface area contributed by atoms with Crippen LogP contribution in [0.3, 0.4) is 0 Å². The molecule has 9 heteroatoms. The zero-order valence-electron chi connectivity index (χ0n) is 11.8. The monoisotopic (exact) mass is 324 g/mol. The minimum absolute atomic E-state index is 0.260. The summed E-state index contributed by atoms with van der Waals surface area (Å²) in [5, 5.41) is 26.0. The summed E-state index contributed by atoms with van der Waals surface area (Å²) < 4.78 is 13.5. The Morgan fingerprint density at radius 2 is 1.48 bits per heavy atom. The van der Waals surface area contributed by atoms with Gasteiger partial charge in [-0.3, -0.25) is 0 Å². The molecule has 2 rings (SSSR count). The van der Waals surface area contributed by atoms with Crippen LogP contribution in [0.25, 0.3) is 0 Å². The Morgan fingerprint density at radius 1 is 1.05 bits per heavy atom. The number of ether oxygens (including phenoxy) is 2. The summed E-state index contributed by atoms with van der Waals surface area (Å²) in [5.74, 6) is 1.02. The second kappa shape index (κ2) is 11.6. The van der Waals surface area contributed by atoms with Crippen molar-refractivity contribution in [1.29, 1.82) is 0 Å². The Bertz CT molecular complexity index is 351. The maximum absolute atomic E-state index is 8.80. The van der Waals surface area contributed by atoms with Crippen LogP contribution in [0.4, 0.5) is 0 Å². The van der Waals surface area contributed by atoms with Crippen molar-refractivity contribution in [3.05, 3.63) is 24.3 Å². The number of aromatic hydroxyl groups is 1. The van der Waals surface area contributed by atoms with Crippen molar-refractivity contribution in [3.8, 4) is 11.5 Å². The highest BCUT2D eigenvalue weighted by Gasteiger charge is 2.22. The van der Waals surface area contributed by atoms with Gasteiger partial charge in [-0.1, -0.05) is 0 Å². The van der Waals surface area contributed by atoms with E-state index >= 15 is 0 Å². The molecule has 8 nitrogen and oxygen atoms in total. The average molecular weight is 324 g/mol. The lowest BCUT2D eigenvalue weighted by Crippen LogP contribution is -2.22. The molecule has 0 spiro atoms. The van der Waals surface area contributed by atoms with Crippen LogP contribution in [0.2, 0.25) is 0 Å². The Morgan fingerprint density at radius 3 is 1.71 bits per heavy atom. The molecule has 0 aliphatic carbocycles. The molecular formula is C12H21O8P. The highest BCUT2D eigenvalue weighted by Crippen LogP contribution is 2.20. The van der Waals surface area contributed by atoms with Gasteiger partial charge in [0, 0.05) is 7.11 Å². The van der Waals surface area contributed by atoms with Crippen molar-refractivity contribution >= 4 is 8.60 Å². The molecule has 1 aliphatic heterocycles. The molecule has 0 bridgehead atoms. The molecule has 5 N–H and O–H groups in total. The summed E-state index contributed by atoms with van der Waals surface area (Å²) in [5.41, 5.74) is 0. The Hall–Kier alpha value is -0.990. The van der Waals surface area contributed by atoms with Crippen LogP contribution in [0.15, 0.2) is 24.3 Å². The number of phenolic OH excluding ortho intramolecular Hbond substituents is 1. The van der Waals surface area contributed by atoms with Gasteiger partial charge in [-0.2, -0.15) is 0 Å². The number of hydrogen-bond donors (Lipinski definition) is 5. The zero-order chi connectivity index (χ0) is 16.3. The van der Waals surface area contributed by atoms with E-state index in [4.69, 9.17) is 29.8 Å². The van der Waals surface area contributed by atoms with Gasteiger partial charge >= 0.3 is 8.60 Å². The standard InChI is InChI=1S/C7H8O2.C4H8O3.CH5O3P/c1-9-7-4-2-6(8)3-5-7;5-3-1-7-2-4(3)6;1-4-5(2)3/h2-5,8H,1H3;3-6H,1-2H2;2-3H,1H3. The number of hydrogen-bond acceptors (Lipinski definition) is 8. The van der Waals surface area contributed by atoms with E-state index in [0.29, 0.717) is 0 Å². The van der Waals surface area contributed by atoms with Crippen molar-refractivity contribution in [3.63, 3.8) is 0 Å². The summed E-state index contributed by atoms with van der Waals surface area (Å²) in [6.07, 6.45) is -1.31. The quantitative estimate of drug-likeness (QED) is 0.480. The fourth-order valence-corrected chi connectivity index (χ4v) is 1.11. The molecule has 0 aromatic heterocycles. The number of aliphatic hydroxyl groups is 2. The first-order valence-electron chi connectivity index (χ1n) is 5.89. The van der Waals surface area contributed by atoms with E-state index in [1.807, 2.05) is 0 Å². The van der Waals surface area contributed by atoms with Gasteiger partial charge < -0.3 is 39.1 Å². The molecule has 122 valence electrons. The van der Waals surface area contributed by atoms with Crippen LogP contribution in [0.5, 0.6) is 11.5 Å². The summed E-state index contributed by atoms with van der Waals surface area (Å²) in [6, 6.07) is 6.57. The molecule has 2 unspecified atom stereocenters. The average Bonchev–Trinajstić information content (AvgIpc) is 2.85. The molecule has 0 saturated carbocycles. The number of methoxy groups -OCH3 is 1. The van der Waals surface area contributed by atoms with Crippen molar-refractivity contribution in [2.75, 3.05) is 27.4 Å². The van der Waals surface area contributed by atoms with Crippen molar-refractivity contribution in [1.82, 2.24) is 0 Å². The van der Waals surface area contributed by atoms with E-state index in [-0.39, 0.29) is 19.0 Å². The molecule has 1 saturated heterocycles. The van der Waals surface area contributed by atoms with Crippen LogP contribution >= 0.6 is 8.60 Å². The second-order valence-electron chi connectivity index (χ2n) is 3.81. The maximum atomic E-state index is 8.80. The predicted octanol–water partition coefficient (Wildman–Crippen LogP) is -0.0165. The molecular weight excluding hydrogens is 303 g/mol. The fraction of sp³-hybridized carbons (Fsp3) is 0.500. The second-order valence-corrected chi connectivity index (χ2v) is 4.68. The van der Waals surface area contributed by atoms with Gasteiger partial charge in [0.1, 0.15) is 23.7 Å². The van der Waals surface area contributed by atoms with Crippen LogP contribution in [0, 0.1) is 0 Å². The van der Waals surface area contributed by atoms with Crippen molar-refractivity contribution < 1.29 is 39.1 Å². The van der Waals surface area contributed by atoms with Crippen LogP contribution < -0.4 is 4.74 Å². The summed E-state index contributed by atoms with van der Waals surface area (Å²) in [7, 11) is 0.719. The zero-order valence-corrected chi connectivity index (χ0v) is 12.7. The van der Waals surface area contributed by atoms with Crippen molar-refractivity contribution in [2.24, 2.45) is 0 Å². The van der Waals surface area contributed by atoms with Gasteiger partial charge in [-0.15, -0.1) is 0 Å². The summed E-state index contributed by atoms with van der Waals surface area (Å²) in [4.78, 5) is 15.5. The molecule has 1 aromatic rings. The summed E-state index contributed by atoms with van der Waals surface area (Å²) in [6.45, 7) is 0.558. The smallest absolute Gasteiger partial charge is 0.326 e. The molecule has 0 radical (unpaired) electrons. The lowest BCUT2D eigenvalue weighted by atomic mass is 10.3. The van der Waals surface area contributed by atoms with E-state index in [0.717, 1.165) is 5.75 Å². The number of aliphatic hydroxyl groups excluding tert-OH is 2. The van der Waals surface area contributed by atoms with Crippen LogP contribution in [0.1, 0.15) is 0 Å². The lowest BCUT2D eigenvalue weighted by Gasteiger charge is -2.00. The SMILES string of the molecule is COP(O)O.COc1ccc(O)cc1.OC1COCC1O. The molecule has 21 heavy (non-hydrogen) atoms. The van der Waals surface area contributed by atoms with Gasteiger partial charge in [0.15, 0.2) is 0 Å². The third-order valence-electron chi connectivity index (χ3n) is 2.26. The van der Waals surface area contributed by atoms with Gasteiger partial charge in [-0.25, -0.2) is 0 Å². The van der Waals surface area contributed by atoms with E-state index in [1.54, 1.807) is 31.4 Å². The Labute approximate surface area is 124 Å². The van der Waals surface area contributed by atoms with E-state index in [9.17, 15) is 0 Å². The van der Waals surface area contributed by atoms with Gasteiger partial charge in [0.05, 0.1) is 20.3 Å². The van der Waals surface area contributed by atoms with Crippen molar-refractivity contribution in [2.45, 2.75) is 12.2 Å². The molecule has 1 aromatic carbocycles. The normalized spacial score (nSPS) is 20.1.